The average Bonchev–Trinajstić information content (AvgIpc) is 2.94. The molecule has 5 nitrogen and oxygen atoms in total. The lowest BCUT2D eigenvalue weighted by molar-refractivity contribution is -0.121. The van der Waals surface area contributed by atoms with E-state index in [0.717, 1.165) is 16.8 Å². The summed E-state index contributed by atoms with van der Waals surface area (Å²) in [6.45, 7) is 2.35. The van der Waals surface area contributed by atoms with Gasteiger partial charge in [0.05, 0.1) is 6.42 Å². The van der Waals surface area contributed by atoms with E-state index >= 15 is 0 Å². The highest BCUT2D eigenvalue weighted by atomic mass is 16.2. The number of nitrogens with one attached hydrogen (secondary N) is 1. The average molecular weight is 364 g/mol. The van der Waals surface area contributed by atoms with Crippen LogP contribution in [0.3, 0.4) is 0 Å². The van der Waals surface area contributed by atoms with Gasteiger partial charge in [-0.25, -0.2) is 0 Å². The molecule has 2 amide bonds. The van der Waals surface area contributed by atoms with Crippen molar-refractivity contribution >= 4 is 23.3 Å². The molecule has 1 N–H and O–H groups in total. The van der Waals surface area contributed by atoms with Crippen LogP contribution >= 0.6 is 0 Å². The van der Waals surface area contributed by atoms with Crippen molar-refractivity contribution in [3.8, 4) is 0 Å². The summed E-state index contributed by atoms with van der Waals surface area (Å²) in [6.07, 6.45) is 1.68. The molecule has 2 aromatic rings. The van der Waals surface area contributed by atoms with E-state index < -0.39 is 0 Å². The number of rotatable bonds is 7. The van der Waals surface area contributed by atoms with E-state index in [9.17, 15) is 14.4 Å². The van der Waals surface area contributed by atoms with Gasteiger partial charge >= 0.3 is 0 Å². The Labute approximate surface area is 159 Å². The van der Waals surface area contributed by atoms with E-state index in [1.807, 2.05) is 37.3 Å². The molecule has 0 unspecified atom stereocenters. The number of hydrogen-bond acceptors (Lipinski definition) is 3. The summed E-state index contributed by atoms with van der Waals surface area (Å²) in [5.41, 5.74) is 4.66. The molecule has 0 aromatic heterocycles. The minimum absolute atomic E-state index is 0.0290. The lowest BCUT2D eigenvalue weighted by Gasteiger charge is -2.10. The van der Waals surface area contributed by atoms with Crippen LogP contribution in [0.2, 0.25) is 0 Å². The summed E-state index contributed by atoms with van der Waals surface area (Å²) >= 11 is 0. The van der Waals surface area contributed by atoms with Crippen molar-refractivity contribution in [2.45, 2.75) is 32.6 Å². The van der Waals surface area contributed by atoms with Crippen LogP contribution in [0.15, 0.2) is 42.5 Å². The van der Waals surface area contributed by atoms with Crippen LogP contribution in [0.1, 0.15) is 39.9 Å². The molecule has 27 heavy (non-hydrogen) atoms. The third kappa shape index (κ3) is 4.61. The van der Waals surface area contributed by atoms with Gasteiger partial charge in [-0.1, -0.05) is 29.8 Å². The number of likely N-dealkylation sites (N-methyl/N-ethyl adjacent to an activating group) is 1. The summed E-state index contributed by atoms with van der Waals surface area (Å²) in [6, 6.07) is 13.5. The van der Waals surface area contributed by atoms with E-state index in [1.54, 1.807) is 24.1 Å². The summed E-state index contributed by atoms with van der Waals surface area (Å²) < 4.78 is 0. The number of fused-ring (bicyclic) bond motifs is 1. The quantitative estimate of drug-likeness (QED) is 0.768. The molecule has 0 atom stereocenters. The first-order valence-corrected chi connectivity index (χ1v) is 9.19. The zero-order valence-corrected chi connectivity index (χ0v) is 15.7. The third-order valence-corrected chi connectivity index (χ3v) is 4.91. The van der Waals surface area contributed by atoms with Crippen LogP contribution in [0.25, 0.3) is 0 Å². The third-order valence-electron chi connectivity index (χ3n) is 4.91. The van der Waals surface area contributed by atoms with Gasteiger partial charge in [0, 0.05) is 37.7 Å². The molecule has 3 rings (SSSR count). The summed E-state index contributed by atoms with van der Waals surface area (Å²) in [4.78, 5) is 37.7. The molecule has 140 valence electrons. The zero-order chi connectivity index (χ0) is 19.4. The Morgan fingerprint density at radius 3 is 2.56 bits per heavy atom. The monoisotopic (exact) mass is 364 g/mol. The zero-order valence-electron chi connectivity index (χ0n) is 15.7. The molecule has 0 radical (unpaired) electrons. The molecule has 1 aliphatic heterocycles. The first-order chi connectivity index (χ1) is 12.9. The highest BCUT2D eigenvalue weighted by Gasteiger charge is 2.24. The second-order valence-electron chi connectivity index (χ2n) is 6.98. The minimum atomic E-state index is -0.0513. The normalized spacial score (nSPS) is 12.8. The SMILES string of the molecule is Cc1ccc(CCC(=O)NCCC(=O)c2ccc3c(c2)CC(=O)N3C)cc1. The summed E-state index contributed by atoms with van der Waals surface area (Å²) in [5.74, 6) is -0.0429. The maximum Gasteiger partial charge on any atom is 0.231 e. The molecule has 0 bridgehead atoms. The van der Waals surface area contributed by atoms with Gasteiger partial charge in [0.25, 0.3) is 0 Å². The topological polar surface area (TPSA) is 66.5 Å². The molecular weight excluding hydrogens is 340 g/mol. The predicted octanol–water partition coefficient (Wildman–Crippen LogP) is 2.84. The minimum Gasteiger partial charge on any atom is -0.356 e. The van der Waals surface area contributed by atoms with Crippen LogP contribution in [0.4, 0.5) is 5.69 Å². The van der Waals surface area contributed by atoms with Crippen LogP contribution in [-0.4, -0.2) is 31.2 Å². The Morgan fingerprint density at radius 1 is 1.07 bits per heavy atom. The Hall–Kier alpha value is -2.95. The van der Waals surface area contributed by atoms with E-state index in [2.05, 4.69) is 5.32 Å². The van der Waals surface area contributed by atoms with E-state index in [4.69, 9.17) is 0 Å². The van der Waals surface area contributed by atoms with E-state index in [-0.39, 0.29) is 24.0 Å². The maximum absolute atomic E-state index is 12.4. The van der Waals surface area contributed by atoms with Crippen molar-refractivity contribution in [1.82, 2.24) is 5.32 Å². The standard InChI is InChI=1S/C22H24N2O3/c1-15-3-5-16(6-4-15)7-10-21(26)23-12-11-20(25)17-8-9-19-18(13-17)14-22(27)24(19)2/h3-6,8-9,13H,7,10-12,14H2,1-2H3,(H,23,26). The van der Waals surface area contributed by atoms with Crippen LogP contribution in [-0.2, 0) is 22.4 Å². The number of carbonyl (C=O) groups excluding carboxylic acids is 3. The van der Waals surface area contributed by atoms with Crippen molar-refractivity contribution in [1.29, 1.82) is 0 Å². The molecule has 0 saturated carbocycles. The number of amides is 2. The van der Waals surface area contributed by atoms with Gasteiger partial charge in [-0.15, -0.1) is 0 Å². The number of anilines is 1. The van der Waals surface area contributed by atoms with Gasteiger partial charge in [-0.05, 0) is 42.7 Å². The first kappa shape index (κ1) is 18.8. The Bertz CT molecular complexity index is 872. The van der Waals surface area contributed by atoms with Crippen LogP contribution < -0.4 is 10.2 Å². The lowest BCUT2D eigenvalue weighted by atomic mass is 10.0. The number of hydrogen-bond donors (Lipinski definition) is 1. The van der Waals surface area contributed by atoms with Crippen molar-refractivity contribution < 1.29 is 14.4 Å². The molecule has 0 saturated heterocycles. The number of Topliss-reactive ketones (excluding diaryl/α,β-unsaturated/α-hetero) is 1. The smallest absolute Gasteiger partial charge is 0.231 e. The molecule has 1 aliphatic rings. The molecule has 5 heteroatoms. The van der Waals surface area contributed by atoms with Gasteiger partial charge in [-0.3, -0.25) is 14.4 Å². The Kier molecular flexibility index (Phi) is 5.69. The Balaban J connectivity index is 1.44. The number of nitrogens with zero attached hydrogens (tertiary/aromatic N) is 1. The molecule has 2 aromatic carbocycles. The second kappa shape index (κ2) is 8.16. The fraction of sp³-hybridized carbons (Fsp3) is 0.318. The van der Waals surface area contributed by atoms with Crippen LogP contribution in [0.5, 0.6) is 0 Å². The van der Waals surface area contributed by atoms with Gasteiger partial charge in [-0.2, -0.15) is 0 Å². The number of aryl methyl sites for hydroxylation is 2. The number of carbonyl (C=O) groups is 3. The lowest BCUT2D eigenvalue weighted by Crippen LogP contribution is -2.26. The van der Waals surface area contributed by atoms with E-state index in [0.29, 0.717) is 31.4 Å². The van der Waals surface area contributed by atoms with Crippen molar-refractivity contribution in [2.24, 2.45) is 0 Å². The fourth-order valence-electron chi connectivity index (χ4n) is 3.20. The fourth-order valence-corrected chi connectivity index (χ4v) is 3.20. The van der Waals surface area contributed by atoms with Crippen molar-refractivity contribution in [3.63, 3.8) is 0 Å². The van der Waals surface area contributed by atoms with Crippen LogP contribution in [0, 0.1) is 6.92 Å². The van der Waals surface area contributed by atoms with Crippen molar-refractivity contribution in [3.05, 3.63) is 64.7 Å². The predicted molar refractivity (Wildman–Crippen MR) is 105 cm³/mol. The highest BCUT2D eigenvalue weighted by Crippen LogP contribution is 2.28. The Morgan fingerprint density at radius 2 is 1.81 bits per heavy atom. The van der Waals surface area contributed by atoms with Gasteiger partial charge in [0.1, 0.15) is 0 Å². The highest BCUT2D eigenvalue weighted by molar-refractivity contribution is 6.03. The summed E-state index contributed by atoms with van der Waals surface area (Å²) in [5, 5.41) is 2.81. The molecule has 0 aliphatic carbocycles. The molecule has 1 heterocycles. The second-order valence-corrected chi connectivity index (χ2v) is 6.98. The first-order valence-electron chi connectivity index (χ1n) is 9.19. The largest absolute Gasteiger partial charge is 0.356 e. The number of benzene rings is 2. The molecule has 0 spiro atoms. The van der Waals surface area contributed by atoms with E-state index in [1.165, 1.54) is 5.56 Å². The molecular formula is C22H24N2O3. The van der Waals surface area contributed by atoms with Crippen molar-refractivity contribution in [2.75, 3.05) is 18.5 Å². The maximum atomic E-state index is 12.4. The summed E-state index contributed by atoms with van der Waals surface area (Å²) in [7, 11) is 1.74. The number of ketones is 1. The van der Waals surface area contributed by atoms with Gasteiger partial charge in [0.2, 0.25) is 11.8 Å². The van der Waals surface area contributed by atoms with Gasteiger partial charge < -0.3 is 10.2 Å². The van der Waals surface area contributed by atoms with Gasteiger partial charge in [0.15, 0.2) is 5.78 Å². The molecule has 0 fully saturated rings.